The van der Waals surface area contributed by atoms with Gasteiger partial charge in [0.25, 0.3) is 0 Å². The molecule has 0 spiro atoms. The van der Waals surface area contributed by atoms with Crippen LogP contribution in [0.5, 0.6) is 0 Å². The average Bonchev–Trinajstić information content (AvgIpc) is 2.37. The first kappa shape index (κ1) is 13.3. The Balaban J connectivity index is 2.08. The maximum absolute atomic E-state index is 13.4. The fraction of sp³-hybridized carbons (Fsp3) is 0.417. The van der Waals surface area contributed by atoms with Gasteiger partial charge in [0.1, 0.15) is 5.82 Å². The third-order valence-electron chi connectivity index (χ3n) is 2.81. The van der Waals surface area contributed by atoms with Crippen LogP contribution in [0.1, 0.15) is 5.56 Å². The topological polar surface area (TPSA) is 41.6 Å². The quantitative estimate of drug-likeness (QED) is 0.865. The van der Waals surface area contributed by atoms with Crippen molar-refractivity contribution < 1.29 is 13.9 Å². The molecule has 1 fully saturated rings. The van der Waals surface area contributed by atoms with Crippen LogP contribution in [0.2, 0.25) is 0 Å². The van der Waals surface area contributed by atoms with E-state index < -0.39 is 5.82 Å². The van der Waals surface area contributed by atoms with Gasteiger partial charge >= 0.3 is 6.03 Å². The van der Waals surface area contributed by atoms with Crippen LogP contribution in [0, 0.1) is 12.7 Å². The monoisotopic (exact) mass is 316 g/mol. The number of halogens is 2. The van der Waals surface area contributed by atoms with E-state index in [9.17, 15) is 9.18 Å². The smallest absolute Gasteiger partial charge is 0.322 e. The van der Waals surface area contributed by atoms with Crippen molar-refractivity contribution in [3.8, 4) is 0 Å². The molecule has 2 amide bonds. The number of aryl methyl sites for hydroxylation is 1. The molecule has 6 heteroatoms. The Morgan fingerprint density at radius 3 is 2.78 bits per heavy atom. The summed E-state index contributed by atoms with van der Waals surface area (Å²) in [6, 6.07) is 2.74. The minimum absolute atomic E-state index is 0.219. The highest BCUT2D eigenvalue weighted by Crippen LogP contribution is 2.24. The van der Waals surface area contributed by atoms with E-state index in [-0.39, 0.29) is 6.03 Å². The number of rotatable bonds is 1. The van der Waals surface area contributed by atoms with Crippen LogP contribution < -0.4 is 5.32 Å². The molecule has 0 aromatic heterocycles. The Hall–Kier alpha value is -1.14. The molecule has 1 heterocycles. The van der Waals surface area contributed by atoms with Gasteiger partial charge in [-0.25, -0.2) is 9.18 Å². The Bertz CT molecular complexity index is 462. The molecule has 4 nitrogen and oxygen atoms in total. The second-order valence-electron chi connectivity index (χ2n) is 4.11. The van der Waals surface area contributed by atoms with E-state index in [1.54, 1.807) is 11.0 Å². The molecule has 0 atom stereocenters. The molecule has 1 N–H and O–H groups in total. The summed E-state index contributed by atoms with van der Waals surface area (Å²) in [6.07, 6.45) is 0. The van der Waals surface area contributed by atoms with Crippen molar-refractivity contribution in [2.75, 3.05) is 31.6 Å². The number of nitrogens with one attached hydrogen (secondary N) is 1. The molecule has 98 valence electrons. The summed E-state index contributed by atoms with van der Waals surface area (Å²) in [5, 5.41) is 2.72. The first-order valence-electron chi connectivity index (χ1n) is 5.67. The van der Waals surface area contributed by atoms with E-state index in [1.807, 2.05) is 6.92 Å². The highest BCUT2D eigenvalue weighted by atomic mass is 79.9. The van der Waals surface area contributed by atoms with E-state index in [2.05, 4.69) is 21.2 Å². The third kappa shape index (κ3) is 3.00. The molecule has 1 aliphatic heterocycles. The summed E-state index contributed by atoms with van der Waals surface area (Å²) < 4.78 is 19.0. The van der Waals surface area contributed by atoms with Gasteiger partial charge < -0.3 is 15.0 Å². The van der Waals surface area contributed by atoms with Crippen molar-refractivity contribution in [3.05, 3.63) is 28.0 Å². The number of urea groups is 1. The Labute approximate surface area is 113 Å². The highest BCUT2D eigenvalue weighted by molar-refractivity contribution is 9.10. The van der Waals surface area contributed by atoms with Crippen LogP contribution >= 0.6 is 15.9 Å². The minimum Gasteiger partial charge on any atom is -0.378 e. The molecule has 2 rings (SSSR count). The molecule has 0 aliphatic carbocycles. The predicted octanol–water partition coefficient (Wildman–Crippen LogP) is 2.76. The molecule has 0 bridgehead atoms. The zero-order chi connectivity index (χ0) is 13.1. The zero-order valence-corrected chi connectivity index (χ0v) is 11.6. The second kappa shape index (κ2) is 5.67. The van der Waals surface area contributed by atoms with Crippen molar-refractivity contribution >= 4 is 27.6 Å². The van der Waals surface area contributed by atoms with Gasteiger partial charge in [0.05, 0.1) is 17.7 Å². The first-order chi connectivity index (χ1) is 8.58. The maximum atomic E-state index is 13.4. The normalized spacial score (nSPS) is 15.6. The summed E-state index contributed by atoms with van der Waals surface area (Å²) >= 11 is 3.11. The molecule has 1 saturated heterocycles. The molecule has 0 saturated carbocycles. The summed E-state index contributed by atoms with van der Waals surface area (Å²) in [6.45, 7) is 4.02. The van der Waals surface area contributed by atoms with Crippen molar-refractivity contribution in [2.24, 2.45) is 0 Å². The molecule has 0 radical (unpaired) electrons. The average molecular weight is 317 g/mol. The largest absolute Gasteiger partial charge is 0.378 e. The van der Waals surface area contributed by atoms with E-state index in [0.29, 0.717) is 36.5 Å². The molecule has 1 aromatic rings. The summed E-state index contributed by atoms with van der Waals surface area (Å²) in [5.41, 5.74) is 1.30. The SMILES string of the molecule is Cc1cc(Br)c(F)cc1NC(=O)N1CCOCC1. The summed E-state index contributed by atoms with van der Waals surface area (Å²) in [7, 11) is 0. The van der Waals surface area contributed by atoms with E-state index >= 15 is 0 Å². The number of nitrogens with zero attached hydrogens (tertiary/aromatic N) is 1. The van der Waals surface area contributed by atoms with Gasteiger partial charge in [-0.2, -0.15) is 0 Å². The van der Waals surface area contributed by atoms with Gasteiger partial charge in [-0.3, -0.25) is 0 Å². The number of carbonyl (C=O) groups excluding carboxylic acids is 1. The number of hydrogen-bond acceptors (Lipinski definition) is 2. The molecular formula is C12H14BrFN2O2. The van der Waals surface area contributed by atoms with E-state index in [0.717, 1.165) is 5.56 Å². The molecule has 0 unspecified atom stereocenters. The van der Waals surface area contributed by atoms with E-state index in [4.69, 9.17) is 4.74 Å². The van der Waals surface area contributed by atoms with Crippen LogP contribution in [0.15, 0.2) is 16.6 Å². The van der Waals surface area contributed by atoms with Crippen molar-refractivity contribution in [1.82, 2.24) is 4.90 Å². The third-order valence-corrected chi connectivity index (χ3v) is 3.41. The van der Waals surface area contributed by atoms with Crippen LogP contribution in [0.25, 0.3) is 0 Å². The van der Waals surface area contributed by atoms with Gasteiger partial charge in [-0.1, -0.05) is 0 Å². The van der Waals surface area contributed by atoms with Crippen LogP contribution in [0.3, 0.4) is 0 Å². The summed E-state index contributed by atoms with van der Waals surface area (Å²) in [4.78, 5) is 13.6. The zero-order valence-electron chi connectivity index (χ0n) is 10.0. The van der Waals surface area contributed by atoms with Gasteiger partial charge in [0.15, 0.2) is 0 Å². The predicted molar refractivity (Wildman–Crippen MR) is 70.2 cm³/mol. The minimum atomic E-state index is -0.391. The van der Waals surface area contributed by atoms with Crippen molar-refractivity contribution in [1.29, 1.82) is 0 Å². The highest BCUT2D eigenvalue weighted by Gasteiger charge is 2.17. The molecular weight excluding hydrogens is 303 g/mol. The van der Waals surface area contributed by atoms with Gasteiger partial charge in [-0.15, -0.1) is 0 Å². The number of benzene rings is 1. The Morgan fingerprint density at radius 1 is 1.44 bits per heavy atom. The van der Waals surface area contributed by atoms with E-state index in [1.165, 1.54) is 6.07 Å². The lowest BCUT2D eigenvalue weighted by molar-refractivity contribution is 0.0564. The van der Waals surface area contributed by atoms with Crippen LogP contribution in [0.4, 0.5) is 14.9 Å². The van der Waals surface area contributed by atoms with Crippen molar-refractivity contribution in [2.45, 2.75) is 6.92 Å². The number of anilines is 1. The standard InChI is InChI=1S/C12H14BrFN2O2/c1-8-6-9(13)10(14)7-11(8)15-12(17)16-2-4-18-5-3-16/h6-7H,2-5H2,1H3,(H,15,17). The van der Waals surface area contributed by atoms with Gasteiger partial charge in [0, 0.05) is 18.8 Å². The number of morpholine rings is 1. The molecule has 1 aliphatic rings. The number of carbonyl (C=O) groups is 1. The molecule has 1 aromatic carbocycles. The lowest BCUT2D eigenvalue weighted by Gasteiger charge is -2.27. The fourth-order valence-corrected chi connectivity index (χ4v) is 2.20. The maximum Gasteiger partial charge on any atom is 0.322 e. The number of hydrogen-bond donors (Lipinski definition) is 1. The fourth-order valence-electron chi connectivity index (χ4n) is 1.74. The van der Waals surface area contributed by atoms with Crippen LogP contribution in [-0.4, -0.2) is 37.2 Å². The van der Waals surface area contributed by atoms with Crippen molar-refractivity contribution in [3.63, 3.8) is 0 Å². The van der Waals surface area contributed by atoms with Crippen LogP contribution in [-0.2, 0) is 4.74 Å². The number of amides is 2. The molecule has 18 heavy (non-hydrogen) atoms. The first-order valence-corrected chi connectivity index (χ1v) is 6.46. The lowest BCUT2D eigenvalue weighted by atomic mass is 10.2. The second-order valence-corrected chi connectivity index (χ2v) is 4.97. The lowest BCUT2D eigenvalue weighted by Crippen LogP contribution is -2.43. The summed E-state index contributed by atoms with van der Waals surface area (Å²) in [5.74, 6) is -0.391. The number of ether oxygens (including phenoxy) is 1. The Morgan fingerprint density at radius 2 is 2.11 bits per heavy atom. The van der Waals surface area contributed by atoms with Gasteiger partial charge in [-0.05, 0) is 40.5 Å². The van der Waals surface area contributed by atoms with Gasteiger partial charge in [0.2, 0.25) is 0 Å². The Kier molecular flexibility index (Phi) is 4.19.